The van der Waals surface area contributed by atoms with Gasteiger partial charge in [0.05, 0.1) is 0 Å². The van der Waals surface area contributed by atoms with E-state index in [2.05, 4.69) is 19.1 Å². The van der Waals surface area contributed by atoms with Crippen LogP contribution >= 0.6 is 11.6 Å². The molecule has 1 nitrogen and oxygen atoms in total. The summed E-state index contributed by atoms with van der Waals surface area (Å²) in [5.41, 5.74) is 7.38. The van der Waals surface area contributed by atoms with Crippen LogP contribution in [0.3, 0.4) is 0 Å². The van der Waals surface area contributed by atoms with Crippen molar-refractivity contribution in [2.75, 3.05) is 6.54 Å². The number of hydrogen-bond acceptors (Lipinski definition) is 1. The van der Waals surface area contributed by atoms with Gasteiger partial charge >= 0.3 is 0 Å². The molecule has 1 aromatic rings. The second kappa shape index (κ2) is 7.31. The summed E-state index contributed by atoms with van der Waals surface area (Å²) in [6.45, 7) is 3.14. The molecule has 2 N–H and O–H groups in total. The zero-order valence-corrected chi connectivity index (χ0v) is 12.7. The average molecular weight is 280 g/mol. The van der Waals surface area contributed by atoms with Gasteiger partial charge in [-0.3, -0.25) is 0 Å². The van der Waals surface area contributed by atoms with E-state index in [4.69, 9.17) is 17.3 Å². The summed E-state index contributed by atoms with van der Waals surface area (Å²) in [4.78, 5) is 0. The summed E-state index contributed by atoms with van der Waals surface area (Å²) in [5.74, 6) is 2.39. The highest BCUT2D eigenvalue weighted by atomic mass is 35.5. The van der Waals surface area contributed by atoms with Crippen molar-refractivity contribution in [1.82, 2.24) is 0 Å². The summed E-state index contributed by atoms with van der Waals surface area (Å²) in [7, 11) is 0. The Kier molecular flexibility index (Phi) is 5.72. The maximum atomic E-state index is 5.97. The summed E-state index contributed by atoms with van der Waals surface area (Å²) in [6.07, 6.45) is 7.92. The fourth-order valence-corrected chi connectivity index (χ4v) is 3.70. The maximum Gasteiger partial charge on any atom is 0.0406 e. The van der Waals surface area contributed by atoms with Crippen molar-refractivity contribution in [3.63, 3.8) is 0 Å². The van der Waals surface area contributed by atoms with E-state index in [9.17, 15) is 0 Å². The molecule has 0 radical (unpaired) electrons. The first kappa shape index (κ1) is 14.9. The van der Waals surface area contributed by atoms with Crippen LogP contribution in [0.15, 0.2) is 24.3 Å². The summed E-state index contributed by atoms with van der Waals surface area (Å²) in [6, 6.07) is 8.33. The lowest BCUT2D eigenvalue weighted by atomic mass is 9.70. The third kappa shape index (κ3) is 4.22. The minimum absolute atomic E-state index is 0.712. The van der Waals surface area contributed by atoms with Crippen LogP contribution in [0.25, 0.3) is 0 Å². The molecule has 2 heteroatoms. The molecule has 0 spiro atoms. The number of benzene rings is 1. The van der Waals surface area contributed by atoms with Gasteiger partial charge in [-0.05, 0) is 61.3 Å². The zero-order valence-electron chi connectivity index (χ0n) is 11.9. The number of rotatable bonds is 5. The van der Waals surface area contributed by atoms with Gasteiger partial charge < -0.3 is 5.73 Å². The highest BCUT2D eigenvalue weighted by Gasteiger charge is 2.29. The Morgan fingerprint density at radius 2 is 1.89 bits per heavy atom. The highest BCUT2D eigenvalue weighted by Crippen LogP contribution is 2.37. The summed E-state index contributed by atoms with van der Waals surface area (Å²) < 4.78 is 0. The predicted octanol–water partition coefficient (Wildman–Crippen LogP) is 4.67. The number of nitrogens with two attached hydrogens (primary N) is 1. The largest absolute Gasteiger partial charge is 0.330 e. The van der Waals surface area contributed by atoms with Crippen LogP contribution in [-0.4, -0.2) is 6.54 Å². The molecule has 0 aromatic heterocycles. The van der Waals surface area contributed by atoms with Crippen molar-refractivity contribution in [3.8, 4) is 0 Å². The van der Waals surface area contributed by atoms with E-state index >= 15 is 0 Å². The van der Waals surface area contributed by atoms with Crippen molar-refractivity contribution in [2.45, 2.75) is 45.4 Å². The van der Waals surface area contributed by atoms with Gasteiger partial charge in [-0.2, -0.15) is 0 Å². The maximum absolute atomic E-state index is 5.97. The van der Waals surface area contributed by atoms with Crippen LogP contribution in [0.2, 0.25) is 5.02 Å². The second-order valence-corrected chi connectivity index (χ2v) is 6.49. The first-order valence-corrected chi connectivity index (χ1v) is 8.05. The fraction of sp³-hybridized carbons (Fsp3) is 0.647. The molecule has 1 aromatic carbocycles. The van der Waals surface area contributed by atoms with E-state index in [0.29, 0.717) is 5.92 Å². The first-order chi connectivity index (χ1) is 9.22. The lowest BCUT2D eigenvalue weighted by molar-refractivity contribution is 0.175. The fourth-order valence-electron chi connectivity index (χ4n) is 3.58. The Morgan fingerprint density at radius 1 is 1.16 bits per heavy atom. The molecule has 2 rings (SSSR count). The molecule has 1 fully saturated rings. The van der Waals surface area contributed by atoms with Crippen molar-refractivity contribution in [2.24, 2.45) is 23.5 Å². The van der Waals surface area contributed by atoms with Crippen molar-refractivity contribution >= 4 is 11.6 Å². The Bertz CT molecular complexity index is 373. The van der Waals surface area contributed by atoms with Crippen LogP contribution in [0.4, 0.5) is 0 Å². The quantitative estimate of drug-likeness (QED) is 0.832. The SMILES string of the molecule is CCCC1CCC(CN)C(Cc2ccc(Cl)cc2)C1. The molecule has 3 unspecified atom stereocenters. The van der Waals surface area contributed by atoms with Crippen molar-refractivity contribution in [3.05, 3.63) is 34.9 Å². The molecule has 0 aliphatic heterocycles. The Hall–Kier alpha value is -0.530. The van der Waals surface area contributed by atoms with E-state index < -0.39 is 0 Å². The predicted molar refractivity (Wildman–Crippen MR) is 83.4 cm³/mol. The zero-order chi connectivity index (χ0) is 13.7. The molecule has 0 saturated heterocycles. The van der Waals surface area contributed by atoms with Gasteiger partial charge in [0.2, 0.25) is 0 Å². The van der Waals surface area contributed by atoms with E-state index in [-0.39, 0.29) is 0 Å². The van der Waals surface area contributed by atoms with Gasteiger partial charge in [0.15, 0.2) is 0 Å². The van der Waals surface area contributed by atoms with Crippen LogP contribution in [-0.2, 0) is 6.42 Å². The molecule has 0 heterocycles. The smallest absolute Gasteiger partial charge is 0.0406 e. The topological polar surface area (TPSA) is 26.0 Å². The molecule has 106 valence electrons. The molecule has 3 atom stereocenters. The van der Waals surface area contributed by atoms with Gasteiger partial charge in [-0.15, -0.1) is 0 Å². The number of hydrogen-bond donors (Lipinski definition) is 1. The van der Waals surface area contributed by atoms with Gasteiger partial charge in [-0.1, -0.05) is 49.9 Å². The highest BCUT2D eigenvalue weighted by molar-refractivity contribution is 6.30. The third-order valence-corrected chi connectivity index (χ3v) is 4.91. The molecule has 1 aliphatic carbocycles. The van der Waals surface area contributed by atoms with Crippen LogP contribution < -0.4 is 5.73 Å². The lowest BCUT2D eigenvalue weighted by Crippen LogP contribution is -2.31. The summed E-state index contributed by atoms with van der Waals surface area (Å²) >= 11 is 5.95. The van der Waals surface area contributed by atoms with Crippen LogP contribution in [0.1, 0.15) is 44.6 Å². The monoisotopic (exact) mass is 279 g/mol. The van der Waals surface area contributed by atoms with E-state index in [1.165, 1.54) is 44.1 Å². The van der Waals surface area contributed by atoms with Crippen LogP contribution in [0.5, 0.6) is 0 Å². The van der Waals surface area contributed by atoms with Crippen molar-refractivity contribution in [1.29, 1.82) is 0 Å². The van der Waals surface area contributed by atoms with Crippen LogP contribution in [0, 0.1) is 17.8 Å². The Labute approximate surface area is 122 Å². The lowest BCUT2D eigenvalue weighted by Gasteiger charge is -2.36. The second-order valence-electron chi connectivity index (χ2n) is 6.05. The van der Waals surface area contributed by atoms with Gasteiger partial charge in [0.25, 0.3) is 0 Å². The van der Waals surface area contributed by atoms with E-state index in [1.54, 1.807) is 0 Å². The van der Waals surface area contributed by atoms with Gasteiger partial charge in [-0.25, -0.2) is 0 Å². The molecule has 1 saturated carbocycles. The third-order valence-electron chi connectivity index (χ3n) is 4.66. The Balaban J connectivity index is 1.99. The molecule has 0 amide bonds. The average Bonchev–Trinajstić information content (AvgIpc) is 2.42. The van der Waals surface area contributed by atoms with Gasteiger partial charge in [0.1, 0.15) is 0 Å². The first-order valence-electron chi connectivity index (χ1n) is 7.67. The molecule has 1 aliphatic rings. The van der Waals surface area contributed by atoms with Gasteiger partial charge in [0, 0.05) is 5.02 Å². The molecular formula is C17H26ClN. The standard InChI is InChI=1S/C17H26ClN/c1-2-3-13-4-7-15(12-19)16(10-13)11-14-5-8-17(18)9-6-14/h5-6,8-9,13,15-16H,2-4,7,10-12,19H2,1H3. The minimum atomic E-state index is 0.712. The molecule has 0 bridgehead atoms. The van der Waals surface area contributed by atoms with E-state index in [0.717, 1.165) is 23.4 Å². The van der Waals surface area contributed by atoms with E-state index in [1.807, 2.05) is 12.1 Å². The normalized spacial score (nSPS) is 27.4. The molecule has 19 heavy (non-hydrogen) atoms. The minimum Gasteiger partial charge on any atom is -0.330 e. The Morgan fingerprint density at radius 3 is 2.53 bits per heavy atom. The summed E-state index contributed by atoms with van der Waals surface area (Å²) in [5, 5.41) is 0.826. The van der Waals surface area contributed by atoms with Crippen molar-refractivity contribution < 1.29 is 0 Å². The number of halogens is 1. The molecular weight excluding hydrogens is 254 g/mol.